The third kappa shape index (κ3) is 2.21. The fourth-order valence-electron chi connectivity index (χ4n) is 2.89. The first-order chi connectivity index (χ1) is 8.84. The molecule has 0 aliphatic heterocycles. The van der Waals surface area contributed by atoms with Gasteiger partial charge in [0, 0.05) is 18.2 Å². The van der Waals surface area contributed by atoms with Crippen molar-refractivity contribution in [3.63, 3.8) is 0 Å². The lowest BCUT2D eigenvalue weighted by atomic mass is 10.0. The van der Waals surface area contributed by atoms with Crippen molar-refractivity contribution >= 4 is 10.8 Å². The lowest BCUT2D eigenvalue weighted by Gasteiger charge is -2.14. The van der Waals surface area contributed by atoms with Gasteiger partial charge < -0.3 is 10.4 Å². The highest BCUT2D eigenvalue weighted by Gasteiger charge is 2.15. The first-order valence-corrected chi connectivity index (χ1v) is 6.77. The van der Waals surface area contributed by atoms with Crippen molar-refractivity contribution in [3.8, 4) is 5.75 Å². The minimum atomic E-state index is 0.402. The summed E-state index contributed by atoms with van der Waals surface area (Å²) in [6.45, 7) is 0.762. The van der Waals surface area contributed by atoms with Gasteiger partial charge in [-0.25, -0.2) is 0 Å². The van der Waals surface area contributed by atoms with Gasteiger partial charge in [-0.05, 0) is 29.7 Å². The molecule has 1 aliphatic carbocycles. The maximum atomic E-state index is 10.0. The maximum absolute atomic E-state index is 10.0. The maximum Gasteiger partial charge on any atom is 0.120 e. The van der Waals surface area contributed by atoms with E-state index >= 15 is 0 Å². The van der Waals surface area contributed by atoms with Gasteiger partial charge >= 0.3 is 0 Å². The number of rotatable bonds is 3. The third-order valence-corrected chi connectivity index (χ3v) is 3.94. The summed E-state index contributed by atoms with van der Waals surface area (Å²) in [4.78, 5) is 0. The molecule has 94 valence electrons. The van der Waals surface area contributed by atoms with E-state index in [2.05, 4.69) is 17.4 Å². The summed E-state index contributed by atoms with van der Waals surface area (Å²) in [6, 6.07) is 12.6. The second-order valence-electron chi connectivity index (χ2n) is 5.15. The number of fused-ring (bicyclic) bond motifs is 1. The molecule has 1 fully saturated rings. The smallest absolute Gasteiger partial charge is 0.120 e. The first kappa shape index (κ1) is 11.5. The average Bonchev–Trinajstić information content (AvgIpc) is 2.91. The number of phenolic OH excluding ortho intramolecular Hbond substituents is 1. The van der Waals surface area contributed by atoms with Gasteiger partial charge in [-0.2, -0.15) is 0 Å². The molecule has 0 radical (unpaired) electrons. The molecule has 2 N–H and O–H groups in total. The summed E-state index contributed by atoms with van der Waals surface area (Å²) in [7, 11) is 0. The van der Waals surface area contributed by atoms with Crippen LogP contribution in [0, 0.1) is 0 Å². The summed E-state index contributed by atoms with van der Waals surface area (Å²) < 4.78 is 0. The fraction of sp³-hybridized carbons (Fsp3) is 0.375. The Morgan fingerprint density at radius 1 is 1.06 bits per heavy atom. The molecule has 1 aliphatic rings. The second kappa shape index (κ2) is 4.99. The van der Waals surface area contributed by atoms with Crippen LogP contribution in [0.4, 0.5) is 0 Å². The SMILES string of the molecule is Oc1ccc2ccccc2c1CNC1CCCC1. The van der Waals surface area contributed by atoms with E-state index < -0.39 is 0 Å². The van der Waals surface area contributed by atoms with Crippen molar-refractivity contribution in [2.45, 2.75) is 38.3 Å². The average molecular weight is 241 g/mol. The second-order valence-corrected chi connectivity index (χ2v) is 5.15. The molecule has 2 aromatic rings. The molecule has 3 rings (SSSR count). The van der Waals surface area contributed by atoms with Gasteiger partial charge in [0.15, 0.2) is 0 Å². The molecule has 0 saturated heterocycles. The van der Waals surface area contributed by atoms with E-state index in [4.69, 9.17) is 0 Å². The topological polar surface area (TPSA) is 32.3 Å². The van der Waals surface area contributed by atoms with E-state index in [-0.39, 0.29) is 0 Å². The fourth-order valence-corrected chi connectivity index (χ4v) is 2.89. The van der Waals surface area contributed by atoms with Crippen molar-refractivity contribution < 1.29 is 5.11 Å². The molecule has 0 bridgehead atoms. The zero-order valence-electron chi connectivity index (χ0n) is 10.5. The van der Waals surface area contributed by atoms with E-state index in [1.165, 1.54) is 31.1 Å². The molecular formula is C16H19NO. The summed E-state index contributed by atoms with van der Waals surface area (Å²) in [5.74, 6) is 0.402. The lowest BCUT2D eigenvalue weighted by Crippen LogP contribution is -2.25. The van der Waals surface area contributed by atoms with Crippen molar-refractivity contribution in [2.75, 3.05) is 0 Å². The Bertz CT molecular complexity index is 544. The molecule has 1 saturated carbocycles. The molecule has 0 spiro atoms. The molecule has 0 atom stereocenters. The third-order valence-electron chi connectivity index (χ3n) is 3.94. The van der Waals surface area contributed by atoms with E-state index in [0.717, 1.165) is 17.5 Å². The van der Waals surface area contributed by atoms with Crippen LogP contribution in [-0.4, -0.2) is 11.1 Å². The van der Waals surface area contributed by atoms with Gasteiger partial charge in [0.1, 0.15) is 5.75 Å². The van der Waals surface area contributed by atoms with Crippen LogP contribution in [-0.2, 0) is 6.54 Å². The number of benzene rings is 2. The summed E-state index contributed by atoms with van der Waals surface area (Å²) in [5.41, 5.74) is 1.03. The van der Waals surface area contributed by atoms with Gasteiger partial charge in [0.25, 0.3) is 0 Å². The van der Waals surface area contributed by atoms with Crippen LogP contribution >= 0.6 is 0 Å². The minimum absolute atomic E-state index is 0.402. The number of aromatic hydroxyl groups is 1. The summed E-state index contributed by atoms with van der Waals surface area (Å²) >= 11 is 0. The lowest BCUT2D eigenvalue weighted by molar-refractivity contribution is 0.458. The van der Waals surface area contributed by atoms with Crippen molar-refractivity contribution in [1.29, 1.82) is 0 Å². The number of hydrogen-bond donors (Lipinski definition) is 2. The molecule has 0 heterocycles. The molecule has 0 amide bonds. The Morgan fingerprint density at radius 3 is 2.67 bits per heavy atom. The van der Waals surface area contributed by atoms with E-state index in [1.807, 2.05) is 18.2 Å². The Balaban J connectivity index is 1.87. The van der Waals surface area contributed by atoms with Crippen molar-refractivity contribution in [1.82, 2.24) is 5.32 Å². The molecule has 2 heteroatoms. The molecule has 0 unspecified atom stereocenters. The van der Waals surface area contributed by atoms with Crippen LogP contribution in [0.2, 0.25) is 0 Å². The highest BCUT2D eigenvalue weighted by molar-refractivity contribution is 5.87. The van der Waals surface area contributed by atoms with E-state index in [0.29, 0.717) is 11.8 Å². The predicted octanol–water partition coefficient (Wildman–Crippen LogP) is 3.58. The molecule has 2 aromatic carbocycles. The monoisotopic (exact) mass is 241 g/mol. The molecular weight excluding hydrogens is 222 g/mol. The van der Waals surface area contributed by atoms with Crippen LogP contribution in [0.15, 0.2) is 36.4 Å². The summed E-state index contributed by atoms with van der Waals surface area (Å²) in [6.07, 6.45) is 5.20. The van der Waals surface area contributed by atoms with E-state index in [9.17, 15) is 5.11 Å². The highest BCUT2D eigenvalue weighted by Crippen LogP contribution is 2.27. The Labute approximate surface area is 108 Å². The Morgan fingerprint density at radius 2 is 1.83 bits per heavy atom. The zero-order valence-corrected chi connectivity index (χ0v) is 10.5. The Kier molecular flexibility index (Phi) is 3.20. The van der Waals surface area contributed by atoms with Gasteiger partial charge in [0.2, 0.25) is 0 Å². The molecule has 18 heavy (non-hydrogen) atoms. The van der Waals surface area contributed by atoms with Gasteiger partial charge in [0.05, 0.1) is 0 Å². The van der Waals surface area contributed by atoms with Crippen molar-refractivity contribution in [2.24, 2.45) is 0 Å². The minimum Gasteiger partial charge on any atom is -0.508 e. The highest BCUT2D eigenvalue weighted by atomic mass is 16.3. The Hall–Kier alpha value is -1.54. The standard InChI is InChI=1S/C16H19NO/c18-16-10-9-12-5-1-4-8-14(12)15(16)11-17-13-6-2-3-7-13/h1,4-5,8-10,13,17-18H,2-3,6-7,11H2. The van der Waals surface area contributed by atoms with E-state index in [1.54, 1.807) is 6.07 Å². The first-order valence-electron chi connectivity index (χ1n) is 6.77. The van der Waals surface area contributed by atoms with Gasteiger partial charge in [-0.15, -0.1) is 0 Å². The van der Waals surface area contributed by atoms with Gasteiger partial charge in [-0.3, -0.25) is 0 Å². The quantitative estimate of drug-likeness (QED) is 0.861. The van der Waals surface area contributed by atoms with Crippen LogP contribution in [0.3, 0.4) is 0 Å². The van der Waals surface area contributed by atoms with Crippen LogP contribution in [0.1, 0.15) is 31.2 Å². The normalized spacial score (nSPS) is 16.4. The van der Waals surface area contributed by atoms with Crippen molar-refractivity contribution in [3.05, 3.63) is 42.0 Å². The molecule has 0 aromatic heterocycles. The number of hydrogen-bond acceptors (Lipinski definition) is 2. The number of phenols is 1. The summed E-state index contributed by atoms with van der Waals surface area (Å²) in [5, 5.41) is 16.0. The molecule has 2 nitrogen and oxygen atoms in total. The predicted molar refractivity (Wildman–Crippen MR) is 74.7 cm³/mol. The largest absolute Gasteiger partial charge is 0.508 e. The van der Waals surface area contributed by atoms with Crippen LogP contribution in [0.5, 0.6) is 5.75 Å². The van der Waals surface area contributed by atoms with Crippen LogP contribution in [0.25, 0.3) is 10.8 Å². The van der Waals surface area contributed by atoms with Gasteiger partial charge in [-0.1, -0.05) is 43.2 Å². The zero-order chi connectivity index (χ0) is 12.4. The number of nitrogens with one attached hydrogen (secondary N) is 1. The van der Waals surface area contributed by atoms with Crippen LogP contribution < -0.4 is 5.32 Å².